The molecule has 0 bridgehead atoms. The molecule has 0 radical (unpaired) electrons. The van der Waals surface area contributed by atoms with E-state index in [0.717, 1.165) is 47.4 Å². The molecule has 1 heterocycles. The van der Waals surface area contributed by atoms with Gasteiger partial charge < -0.3 is 10.1 Å². The third kappa shape index (κ3) is 6.50. The number of halogens is 2. The van der Waals surface area contributed by atoms with Crippen molar-refractivity contribution < 1.29 is 4.74 Å². The lowest BCUT2D eigenvalue weighted by Gasteiger charge is -2.07. The van der Waals surface area contributed by atoms with Crippen LogP contribution >= 0.6 is 31.9 Å². The molecule has 0 unspecified atom stereocenters. The summed E-state index contributed by atoms with van der Waals surface area (Å²) in [6.45, 7) is 5.39. The Labute approximate surface area is 120 Å². The van der Waals surface area contributed by atoms with E-state index in [1.54, 1.807) is 6.20 Å². The number of hydrogen-bond acceptors (Lipinski definition) is 3. The normalized spacial score (nSPS) is 10.8. The third-order valence-electron chi connectivity index (χ3n) is 2.24. The highest BCUT2D eigenvalue weighted by atomic mass is 79.9. The average Bonchev–Trinajstić information content (AvgIpc) is 2.30. The van der Waals surface area contributed by atoms with Crippen LogP contribution in [-0.2, 0) is 11.3 Å². The Bertz CT molecular complexity index is 334. The van der Waals surface area contributed by atoms with E-state index >= 15 is 0 Å². The van der Waals surface area contributed by atoms with Gasteiger partial charge in [0.15, 0.2) is 0 Å². The minimum Gasteiger partial charge on any atom is -0.380 e. The second-order valence-electron chi connectivity index (χ2n) is 3.72. The highest BCUT2D eigenvalue weighted by molar-refractivity contribution is 9.11. The molecule has 3 nitrogen and oxygen atoms in total. The second-order valence-corrected chi connectivity index (χ2v) is 5.49. The molecule has 0 atom stereocenters. The zero-order valence-corrected chi connectivity index (χ0v) is 13.2. The minimum atomic E-state index is 0.755. The maximum Gasteiger partial charge on any atom is 0.0684 e. The molecule has 0 saturated carbocycles. The molecule has 0 amide bonds. The van der Waals surface area contributed by atoms with Crippen molar-refractivity contribution in [2.45, 2.75) is 26.3 Å². The fourth-order valence-electron chi connectivity index (χ4n) is 1.27. The van der Waals surface area contributed by atoms with Crippen LogP contribution in [0.1, 0.15) is 25.5 Å². The van der Waals surface area contributed by atoms with Crippen LogP contribution in [0.2, 0.25) is 0 Å². The average molecular weight is 366 g/mol. The summed E-state index contributed by atoms with van der Waals surface area (Å²) in [5, 5.41) is 3.31. The van der Waals surface area contributed by atoms with Crippen LogP contribution in [0.4, 0.5) is 0 Å². The zero-order valence-electron chi connectivity index (χ0n) is 10.0. The van der Waals surface area contributed by atoms with E-state index in [1.807, 2.05) is 6.07 Å². The summed E-state index contributed by atoms with van der Waals surface area (Å²) in [6, 6.07) is 2.00. The number of nitrogens with one attached hydrogen (secondary N) is 1. The lowest BCUT2D eigenvalue weighted by Crippen LogP contribution is -2.20. The first-order valence-corrected chi connectivity index (χ1v) is 7.41. The van der Waals surface area contributed by atoms with Gasteiger partial charge in [0.2, 0.25) is 0 Å². The molecule has 0 aromatic carbocycles. The summed E-state index contributed by atoms with van der Waals surface area (Å²) < 4.78 is 7.46. The molecular formula is C12H18Br2N2O. The van der Waals surface area contributed by atoms with Gasteiger partial charge in [0.1, 0.15) is 0 Å². The van der Waals surface area contributed by atoms with Crippen LogP contribution in [-0.4, -0.2) is 24.7 Å². The maximum atomic E-state index is 5.46. The summed E-state index contributed by atoms with van der Waals surface area (Å²) in [6.07, 6.45) is 4.13. The zero-order chi connectivity index (χ0) is 12.5. The second kappa shape index (κ2) is 9.03. The Hall–Kier alpha value is 0.0300. The molecule has 0 fully saturated rings. The van der Waals surface area contributed by atoms with E-state index in [1.165, 1.54) is 6.42 Å². The van der Waals surface area contributed by atoms with E-state index in [9.17, 15) is 0 Å². The van der Waals surface area contributed by atoms with Crippen LogP contribution < -0.4 is 5.32 Å². The summed E-state index contributed by atoms with van der Waals surface area (Å²) in [5.74, 6) is 0. The third-order valence-corrected chi connectivity index (χ3v) is 3.36. The molecule has 0 spiro atoms. The molecule has 17 heavy (non-hydrogen) atoms. The van der Waals surface area contributed by atoms with Crippen LogP contribution in [0, 0.1) is 0 Å². The number of unbranched alkanes of at least 4 members (excludes halogenated alkanes) is 1. The van der Waals surface area contributed by atoms with Gasteiger partial charge in [-0.3, -0.25) is 4.98 Å². The molecule has 96 valence electrons. The summed E-state index contributed by atoms with van der Waals surface area (Å²) >= 11 is 6.87. The van der Waals surface area contributed by atoms with E-state index in [-0.39, 0.29) is 0 Å². The van der Waals surface area contributed by atoms with Gasteiger partial charge in [0, 0.05) is 34.8 Å². The van der Waals surface area contributed by atoms with Crippen LogP contribution in [0.5, 0.6) is 0 Å². The smallest absolute Gasteiger partial charge is 0.0684 e. The highest BCUT2D eigenvalue weighted by Crippen LogP contribution is 2.19. The predicted molar refractivity (Wildman–Crippen MR) is 77.1 cm³/mol. The molecule has 0 aliphatic rings. The molecule has 0 saturated heterocycles. The molecule has 1 aromatic heterocycles. The van der Waals surface area contributed by atoms with Crippen molar-refractivity contribution in [1.82, 2.24) is 10.3 Å². The lowest BCUT2D eigenvalue weighted by atomic mass is 10.3. The number of aromatic nitrogens is 1. The fraction of sp³-hybridized carbons (Fsp3) is 0.583. The van der Waals surface area contributed by atoms with E-state index in [4.69, 9.17) is 4.74 Å². The monoisotopic (exact) mass is 364 g/mol. The molecule has 1 rings (SSSR count). The standard InChI is InChI=1S/C12H18Br2N2O/c1-2-3-5-17-6-4-15-9-12-11(14)7-10(13)8-16-12/h7-8,15H,2-6,9H2,1H3. The van der Waals surface area contributed by atoms with Gasteiger partial charge in [-0.2, -0.15) is 0 Å². The lowest BCUT2D eigenvalue weighted by molar-refractivity contribution is 0.133. The molecular weight excluding hydrogens is 348 g/mol. The Balaban J connectivity index is 2.14. The van der Waals surface area contributed by atoms with Crippen molar-refractivity contribution >= 4 is 31.9 Å². The first-order valence-electron chi connectivity index (χ1n) is 5.82. The molecule has 5 heteroatoms. The molecule has 1 aromatic rings. The number of hydrogen-bond donors (Lipinski definition) is 1. The maximum absolute atomic E-state index is 5.46. The first kappa shape index (κ1) is 15.1. The van der Waals surface area contributed by atoms with Gasteiger partial charge in [-0.05, 0) is 44.3 Å². The number of pyridine rings is 1. The van der Waals surface area contributed by atoms with Crippen LogP contribution in [0.15, 0.2) is 21.2 Å². The van der Waals surface area contributed by atoms with Gasteiger partial charge in [-0.1, -0.05) is 13.3 Å². The fourth-order valence-corrected chi connectivity index (χ4v) is 2.40. The van der Waals surface area contributed by atoms with Crippen molar-refractivity contribution in [2.75, 3.05) is 19.8 Å². The minimum absolute atomic E-state index is 0.755. The first-order chi connectivity index (χ1) is 8.24. The van der Waals surface area contributed by atoms with Crippen LogP contribution in [0.3, 0.4) is 0 Å². The molecule has 0 aliphatic carbocycles. The Morgan fingerprint density at radius 2 is 2.18 bits per heavy atom. The topological polar surface area (TPSA) is 34.1 Å². The van der Waals surface area contributed by atoms with Gasteiger partial charge in [-0.25, -0.2) is 0 Å². The summed E-state index contributed by atoms with van der Waals surface area (Å²) in [7, 11) is 0. The Morgan fingerprint density at radius 1 is 1.35 bits per heavy atom. The predicted octanol–water partition coefficient (Wildman–Crippen LogP) is 3.51. The van der Waals surface area contributed by atoms with Gasteiger partial charge >= 0.3 is 0 Å². The molecule has 1 N–H and O–H groups in total. The van der Waals surface area contributed by atoms with E-state index < -0.39 is 0 Å². The van der Waals surface area contributed by atoms with Crippen molar-refractivity contribution in [1.29, 1.82) is 0 Å². The van der Waals surface area contributed by atoms with Gasteiger partial charge in [-0.15, -0.1) is 0 Å². The summed E-state index contributed by atoms with van der Waals surface area (Å²) in [4.78, 5) is 4.33. The van der Waals surface area contributed by atoms with E-state index in [0.29, 0.717) is 0 Å². The van der Waals surface area contributed by atoms with Gasteiger partial charge in [0.25, 0.3) is 0 Å². The number of nitrogens with zero attached hydrogens (tertiary/aromatic N) is 1. The molecule has 0 aliphatic heterocycles. The Kier molecular flexibility index (Phi) is 8.01. The number of rotatable bonds is 8. The number of ether oxygens (including phenoxy) is 1. The SMILES string of the molecule is CCCCOCCNCc1ncc(Br)cc1Br. The highest BCUT2D eigenvalue weighted by Gasteiger charge is 2.01. The van der Waals surface area contributed by atoms with Crippen molar-refractivity contribution in [3.05, 3.63) is 26.9 Å². The van der Waals surface area contributed by atoms with Crippen molar-refractivity contribution in [3.8, 4) is 0 Å². The van der Waals surface area contributed by atoms with Gasteiger partial charge in [0.05, 0.1) is 12.3 Å². The Morgan fingerprint density at radius 3 is 2.88 bits per heavy atom. The van der Waals surface area contributed by atoms with Crippen molar-refractivity contribution in [2.24, 2.45) is 0 Å². The summed E-state index contributed by atoms with van der Waals surface area (Å²) in [5.41, 5.74) is 1.02. The van der Waals surface area contributed by atoms with E-state index in [2.05, 4.69) is 49.1 Å². The van der Waals surface area contributed by atoms with Crippen LogP contribution in [0.25, 0.3) is 0 Å². The quantitative estimate of drug-likeness (QED) is 0.715. The van der Waals surface area contributed by atoms with Crippen molar-refractivity contribution in [3.63, 3.8) is 0 Å². The largest absolute Gasteiger partial charge is 0.380 e.